The number of nitrogens with one attached hydrogen (secondary N) is 1. The SMILES string of the molecule is CCOC(=O)c1cnc(NC(Cc2cc3nc(Cl)nc(N4CCOCC4)c3s2)C(C)C)nc1. The minimum absolute atomic E-state index is 0.0850. The number of carbonyl (C=O) groups excluding carboxylic acids is 1. The van der Waals surface area contributed by atoms with Gasteiger partial charge in [-0.25, -0.2) is 19.7 Å². The Morgan fingerprint density at radius 3 is 2.67 bits per heavy atom. The molecule has 0 aromatic carbocycles. The fourth-order valence-corrected chi connectivity index (χ4v) is 4.93. The van der Waals surface area contributed by atoms with Crippen molar-refractivity contribution in [2.75, 3.05) is 43.1 Å². The number of carbonyl (C=O) groups is 1. The van der Waals surface area contributed by atoms with Crippen molar-refractivity contribution in [2.24, 2.45) is 5.92 Å². The van der Waals surface area contributed by atoms with Gasteiger partial charge < -0.3 is 19.7 Å². The number of halogens is 1. The Balaban J connectivity index is 1.53. The van der Waals surface area contributed by atoms with E-state index in [-0.39, 0.29) is 11.3 Å². The maximum absolute atomic E-state index is 11.8. The van der Waals surface area contributed by atoms with Gasteiger partial charge in [-0.15, -0.1) is 11.3 Å². The molecule has 0 bridgehead atoms. The minimum Gasteiger partial charge on any atom is -0.462 e. The molecule has 1 N–H and O–H groups in total. The van der Waals surface area contributed by atoms with Crippen LogP contribution in [0.1, 0.15) is 36.0 Å². The Morgan fingerprint density at radius 2 is 2.00 bits per heavy atom. The van der Waals surface area contributed by atoms with E-state index in [1.54, 1.807) is 18.3 Å². The Morgan fingerprint density at radius 1 is 1.27 bits per heavy atom. The Hall–Kier alpha value is -2.56. The molecule has 0 radical (unpaired) electrons. The Kier molecular flexibility index (Phi) is 7.56. The molecule has 0 saturated carbocycles. The van der Waals surface area contributed by atoms with Crippen LogP contribution in [-0.4, -0.2) is 64.9 Å². The summed E-state index contributed by atoms with van der Waals surface area (Å²) in [6.45, 7) is 9.29. The van der Waals surface area contributed by atoms with E-state index in [1.165, 1.54) is 17.3 Å². The minimum atomic E-state index is -0.425. The number of fused-ring (bicyclic) bond motifs is 1. The van der Waals surface area contributed by atoms with Crippen molar-refractivity contribution in [3.8, 4) is 0 Å². The van der Waals surface area contributed by atoms with Crippen molar-refractivity contribution in [2.45, 2.75) is 33.2 Å². The number of rotatable bonds is 8. The quantitative estimate of drug-likeness (QED) is 0.372. The van der Waals surface area contributed by atoms with Crippen LogP contribution in [0.3, 0.4) is 0 Å². The van der Waals surface area contributed by atoms with E-state index in [4.69, 9.17) is 21.1 Å². The summed E-state index contributed by atoms with van der Waals surface area (Å²) in [5.41, 5.74) is 1.19. The monoisotopic (exact) mass is 490 g/mol. The third-order valence-electron chi connectivity index (χ3n) is 5.39. The molecular formula is C22H27ClN6O3S. The van der Waals surface area contributed by atoms with Gasteiger partial charge in [0.05, 0.1) is 35.6 Å². The first-order valence-electron chi connectivity index (χ1n) is 11.0. The number of morpholine rings is 1. The number of aromatic nitrogens is 4. The third-order valence-corrected chi connectivity index (χ3v) is 6.70. The van der Waals surface area contributed by atoms with Gasteiger partial charge in [0, 0.05) is 42.8 Å². The van der Waals surface area contributed by atoms with E-state index in [0.29, 0.717) is 37.3 Å². The number of nitrogens with zero attached hydrogens (tertiary/aromatic N) is 5. The summed E-state index contributed by atoms with van der Waals surface area (Å²) in [4.78, 5) is 32.8. The molecule has 1 fully saturated rings. The first-order chi connectivity index (χ1) is 15.9. The van der Waals surface area contributed by atoms with Crippen molar-refractivity contribution < 1.29 is 14.3 Å². The zero-order valence-electron chi connectivity index (χ0n) is 18.9. The number of esters is 1. The summed E-state index contributed by atoms with van der Waals surface area (Å²) in [5.74, 6) is 1.23. The molecule has 0 amide bonds. The highest BCUT2D eigenvalue weighted by Gasteiger charge is 2.22. The lowest BCUT2D eigenvalue weighted by molar-refractivity contribution is 0.0525. The molecule has 1 saturated heterocycles. The smallest absolute Gasteiger partial charge is 0.341 e. The zero-order valence-corrected chi connectivity index (χ0v) is 20.4. The molecule has 1 unspecified atom stereocenters. The molecule has 4 rings (SSSR count). The standard InChI is InChI=1S/C22H27ClN6O3S/c1-4-32-20(30)14-11-24-22(25-12-14)27-16(13(2)3)9-15-10-17-18(33-15)19(28-21(23)26-17)29-5-7-31-8-6-29/h10-13,16H,4-9H2,1-3H3,(H,24,25,27). The Bertz CT molecular complexity index is 1100. The van der Waals surface area contributed by atoms with Crippen LogP contribution in [-0.2, 0) is 15.9 Å². The second-order valence-electron chi connectivity index (χ2n) is 8.06. The fraction of sp³-hybridized carbons (Fsp3) is 0.500. The van der Waals surface area contributed by atoms with Crippen LogP contribution >= 0.6 is 22.9 Å². The number of thiophene rings is 1. The van der Waals surface area contributed by atoms with Crippen molar-refractivity contribution in [1.82, 2.24) is 19.9 Å². The van der Waals surface area contributed by atoms with Crippen molar-refractivity contribution >= 4 is 50.9 Å². The van der Waals surface area contributed by atoms with Gasteiger partial charge in [-0.2, -0.15) is 4.98 Å². The van der Waals surface area contributed by atoms with E-state index in [2.05, 4.69) is 50.1 Å². The van der Waals surface area contributed by atoms with Crippen LogP contribution in [0.4, 0.5) is 11.8 Å². The number of ether oxygens (including phenoxy) is 2. The highest BCUT2D eigenvalue weighted by molar-refractivity contribution is 7.19. The molecule has 11 heteroatoms. The summed E-state index contributed by atoms with van der Waals surface area (Å²) >= 11 is 7.92. The highest BCUT2D eigenvalue weighted by atomic mass is 35.5. The van der Waals surface area contributed by atoms with E-state index in [9.17, 15) is 4.79 Å². The van der Waals surface area contributed by atoms with E-state index >= 15 is 0 Å². The van der Waals surface area contributed by atoms with Crippen molar-refractivity contribution in [3.05, 3.63) is 34.2 Å². The first kappa shape index (κ1) is 23.6. The number of hydrogen-bond donors (Lipinski definition) is 1. The van der Waals surface area contributed by atoms with Crippen LogP contribution in [0.5, 0.6) is 0 Å². The zero-order chi connectivity index (χ0) is 23.4. The molecule has 1 atom stereocenters. The van der Waals surface area contributed by atoms with Crippen molar-refractivity contribution in [3.63, 3.8) is 0 Å². The maximum Gasteiger partial charge on any atom is 0.341 e. The normalized spacial score (nSPS) is 15.1. The topological polar surface area (TPSA) is 102 Å². The van der Waals surface area contributed by atoms with Crippen LogP contribution in [0.25, 0.3) is 10.2 Å². The van der Waals surface area contributed by atoms with E-state index < -0.39 is 5.97 Å². The summed E-state index contributed by atoms with van der Waals surface area (Å²) in [6.07, 6.45) is 3.73. The molecule has 3 aromatic rings. The van der Waals surface area contributed by atoms with Crippen LogP contribution in [0.2, 0.25) is 5.28 Å². The average Bonchev–Trinajstić information content (AvgIpc) is 3.21. The van der Waals surface area contributed by atoms with Crippen LogP contribution in [0, 0.1) is 5.92 Å². The van der Waals surface area contributed by atoms with Crippen molar-refractivity contribution in [1.29, 1.82) is 0 Å². The maximum atomic E-state index is 11.8. The molecule has 3 aromatic heterocycles. The third kappa shape index (κ3) is 5.69. The second kappa shape index (κ2) is 10.6. The predicted octanol–water partition coefficient (Wildman–Crippen LogP) is 3.83. The number of anilines is 2. The van der Waals surface area contributed by atoms with Gasteiger partial charge >= 0.3 is 5.97 Å². The van der Waals surface area contributed by atoms with Gasteiger partial charge in [-0.1, -0.05) is 13.8 Å². The molecule has 4 heterocycles. The van der Waals surface area contributed by atoms with Crippen LogP contribution in [0.15, 0.2) is 18.5 Å². The summed E-state index contributed by atoms with van der Waals surface area (Å²) < 4.78 is 11.5. The molecule has 1 aliphatic heterocycles. The van der Waals surface area contributed by atoms with Gasteiger partial charge in [0.25, 0.3) is 0 Å². The largest absolute Gasteiger partial charge is 0.462 e. The van der Waals surface area contributed by atoms with E-state index in [1.807, 2.05) is 0 Å². The van der Waals surface area contributed by atoms with E-state index in [0.717, 1.165) is 35.5 Å². The summed E-state index contributed by atoms with van der Waals surface area (Å²) in [7, 11) is 0. The lowest BCUT2D eigenvalue weighted by atomic mass is 10.0. The molecule has 1 aliphatic rings. The number of hydrogen-bond acceptors (Lipinski definition) is 10. The summed E-state index contributed by atoms with van der Waals surface area (Å²) in [5, 5.41) is 3.65. The van der Waals surface area contributed by atoms with Gasteiger partial charge in [0.15, 0.2) is 5.82 Å². The molecule has 33 heavy (non-hydrogen) atoms. The molecular weight excluding hydrogens is 464 g/mol. The van der Waals surface area contributed by atoms with Gasteiger partial charge in [-0.3, -0.25) is 0 Å². The highest BCUT2D eigenvalue weighted by Crippen LogP contribution is 2.34. The molecule has 0 aliphatic carbocycles. The van der Waals surface area contributed by atoms with Gasteiger partial charge in [-0.05, 0) is 30.5 Å². The van der Waals surface area contributed by atoms with Gasteiger partial charge in [0.2, 0.25) is 11.2 Å². The van der Waals surface area contributed by atoms with Crippen LogP contribution < -0.4 is 10.2 Å². The average molecular weight is 491 g/mol. The molecule has 176 valence electrons. The molecule has 0 spiro atoms. The van der Waals surface area contributed by atoms with Gasteiger partial charge in [0.1, 0.15) is 0 Å². The lowest BCUT2D eigenvalue weighted by Crippen LogP contribution is -2.36. The fourth-order valence-electron chi connectivity index (χ4n) is 3.59. The lowest BCUT2D eigenvalue weighted by Gasteiger charge is -2.28. The predicted molar refractivity (Wildman–Crippen MR) is 129 cm³/mol. The first-order valence-corrected chi connectivity index (χ1v) is 12.2. The second-order valence-corrected chi connectivity index (χ2v) is 9.53. The summed E-state index contributed by atoms with van der Waals surface area (Å²) in [6, 6.07) is 2.17. The Labute approximate surface area is 201 Å². The molecule has 9 nitrogen and oxygen atoms in total.